The highest BCUT2D eigenvalue weighted by molar-refractivity contribution is 5.97. The zero-order chi connectivity index (χ0) is 35.8. The van der Waals surface area contributed by atoms with Crippen LogP contribution < -0.4 is 26.4 Å². The van der Waals surface area contributed by atoms with Crippen molar-refractivity contribution in [2.45, 2.75) is 167 Å². The highest BCUT2D eigenvalue weighted by Gasteiger charge is 2.44. The first-order valence-corrected chi connectivity index (χ1v) is 19.5. The van der Waals surface area contributed by atoms with E-state index in [1.165, 1.54) is 44.1 Å². The number of hydrogen-bond acceptors (Lipinski definition) is 6. The maximum absolute atomic E-state index is 14.2. The van der Waals surface area contributed by atoms with Crippen molar-refractivity contribution in [1.29, 1.82) is 0 Å². The molecule has 5 rings (SSSR count). The van der Waals surface area contributed by atoms with E-state index in [0.29, 0.717) is 17.2 Å². The Kier molecular flexibility index (Phi) is 13.2. The Morgan fingerprint density at radius 2 is 1.54 bits per heavy atom. The molecule has 0 bridgehead atoms. The summed E-state index contributed by atoms with van der Waals surface area (Å²) in [5.41, 5.74) is 5.82. The van der Waals surface area contributed by atoms with Crippen molar-refractivity contribution in [2.24, 2.45) is 0 Å². The fourth-order valence-corrected chi connectivity index (χ4v) is 9.39. The number of aryl methyl sites for hydroxylation is 2. The van der Waals surface area contributed by atoms with Crippen LogP contribution in [0.2, 0.25) is 0 Å². The Bertz CT molecular complexity index is 1520. The van der Waals surface area contributed by atoms with Crippen LogP contribution >= 0.6 is 0 Å². The maximum atomic E-state index is 14.2. The molecule has 5 N–H and O–H groups in total. The van der Waals surface area contributed by atoms with Crippen molar-refractivity contribution in [2.75, 3.05) is 18.6 Å². The number of aliphatic hydroxyl groups excluding tert-OH is 1. The van der Waals surface area contributed by atoms with Crippen molar-refractivity contribution in [3.63, 3.8) is 0 Å². The number of benzene rings is 1. The Morgan fingerprint density at radius 1 is 0.900 bits per heavy atom. The summed E-state index contributed by atoms with van der Waals surface area (Å²) in [6, 6.07) is 7.04. The number of aromatic amines is 1. The van der Waals surface area contributed by atoms with Gasteiger partial charge in [0.2, 0.25) is 5.91 Å². The summed E-state index contributed by atoms with van der Waals surface area (Å²) in [6.07, 6.45) is 17.8. The molecule has 9 nitrogen and oxygen atoms in total. The topological polar surface area (TPSA) is 127 Å². The molecule has 276 valence electrons. The predicted octanol–water partition coefficient (Wildman–Crippen LogP) is 6.59. The van der Waals surface area contributed by atoms with Crippen LogP contribution in [0.5, 0.6) is 0 Å². The van der Waals surface area contributed by atoms with E-state index >= 15 is 0 Å². The van der Waals surface area contributed by atoms with E-state index in [2.05, 4.69) is 51.9 Å². The van der Waals surface area contributed by atoms with Crippen LogP contribution in [0.15, 0.2) is 23.0 Å². The first-order valence-electron chi connectivity index (χ1n) is 19.5. The van der Waals surface area contributed by atoms with E-state index in [1.54, 1.807) is 6.92 Å². The summed E-state index contributed by atoms with van der Waals surface area (Å²) >= 11 is 0. The number of nitrogens with zero attached hydrogens (tertiary/aromatic N) is 1. The van der Waals surface area contributed by atoms with Crippen molar-refractivity contribution in [3.05, 3.63) is 62.1 Å². The normalized spacial score (nSPS) is 24.6. The van der Waals surface area contributed by atoms with Gasteiger partial charge in [-0.3, -0.25) is 14.4 Å². The van der Waals surface area contributed by atoms with Gasteiger partial charge in [0.05, 0.1) is 6.61 Å². The highest BCUT2D eigenvalue weighted by atomic mass is 16.3. The molecule has 0 radical (unpaired) electrons. The minimum atomic E-state index is -0.166. The van der Waals surface area contributed by atoms with Crippen LogP contribution in [0.3, 0.4) is 0 Å². The van der Waals surface area contributed by atoms with Gasteiger partial charge in [-0.15, -0.1) is 0 Å². The number of carbonyl (C=O) groups is 2. The van der Waals surface area contributed by atoms with E-state index in [0.717, 1.165) is 86.7 Å². The monoisotopic (exact) mass is 689 g/mol. The highest BCUT2D eigenvalue weighted by Crippen LogP contribution is 2.46. The Labute approximate surface area is 299 Å². The van der Waals surface area contributed by atoms with Crippen LogP contribution in [0.25, 0.3) is 0 Å². The second-order valence-corrected chi connectivity index (χ2v) is 15.8. The average molecular weight is 690 g/mol. The summed E-state index contributed by atoms with van der Waals surface area (Å²) in [5, 5.41) is 20.6. The molecule has 1 spiro atoms. The number of amides is 2. The number of carbonyl (C=O) groups excluding carboxylic acids is 2. The zero-order valence-electron chi connectivity index (χ0n) is 31.4. The Balaban J connectivity index is 1.52. The fraction of sp³-hybridized carbons (Fsp3) is 0.683. The molecule has 50 heavy (non-hydrogen) atoms. The third kappa shape index (κ3) is 9.19. The van der Waals surface area contributed by atoms with Crippen LogP contribution in [-0.2, 0) is 11.3 Å². The van der Waals surface area contributed by atoms with Crippen molar-refractivity contribution in [3.8, 4) is 0 Å². The summed E-state index contributed by atoms with van der Waals surface area (Å²) < 4.78 is 0. The molecule has 1 aliphatic heterocycles. The number of H-pyrrole nitrogens is 1. The van der Waals surface area contributed by atoms with Crippen molar-refractivity contribution >= 4 is 17.5 Å². The number of rotatable bonds is 8. The van der Waals surface area contributed by atoms with Crippen LogP contribution in [0.1, 0.15) is 154 Å². The number of piperidine rings is 1. The molecule has 1 saturated heterocycles. The van der Waals surface area contributed by atoms with Crippen LogP contribution in [0.4, 0.5) is 5.69 Å². The maximum Gasteiger partial charge on any atom is 0.253 e. The summed E-state index contributed by atoms with van der Waals surface area (Å²) in [4.78, 5) is 44.0. The Hall–Kier alpha value is -3.17. The second kappa shape index (κ2) is 17.4. The molecule has 2 unspecified atom stereocenters. The minimum absolute atomic E-state index is 0.0263. The van der Waals surface area contributed by atoms with Gasteiger partial charge in [0.25, 0.3) is 11.5 Å². The fourth-order valence-electron chi connectivity index (χ4n) is 9.39. The third-order valence-electron chi connectivity index (χ3n) is 12.2. The standard InChI is InChI=1S/C41H63N5O4/c1-27-22-28(2)43-40(50)36(27)25-42-39(49)35-23-31(24-38(29(35)3)46(5)34-17-14-32(15-18-34)44-30(4)48)37-19-16-33(26-47)45-41(37)20-12-10-8-6-7-9-11-13-21-41/h22-24,32-34,37,45,47H,6-21,25-26H2,1-5H3,(H,42,49)(H,43,50)(H,44,48)/t32-,33?,34+,37?. The van der Waals surface area contributed by atoms with Gasteiger partial charge in [-0.1, -0.05) is 51.4 Å². The molecule has 2 atom stereocenters. The van der Waals surface area contributed by atoms with E-state index in [4.69, 9.17) is 0 Å². The number of anilines is 1. The second-order valence-electron chi connectivity index (χ2n) is 15.8. The molecule has 2 aliphatic carbocycles. The third-order valence-corrected chi connectivity index (χ3v) is 12.2. The Morgan fingerprint density at radius 3 is 2.14 bits per heavy atom. The molecule has 3 fully saturated rings. The van der Waals surface area contributed by atoms with Gasteiger partial charge in [0.15, 0.2) is 0 Å². The number of pyridine rings is 1. The molecule has 2 heterocycles. The SMILES string of the molecule is CC(=O)N[C@H]1CC[C@@H](N(C)c2cc(C3CCC(CO)NC34CCCCCCCCCC4)cc(C(=O)NCc3c(C)cc(C)[nH]c3=O)c2C)CC1. The molecule has 3 aliphatic rings. The van der Waals surface area contributed by atoms with Gasteiger partial charge >= 0.3 is 0 Å². The quantitative estimate of drug-likeness (QED) is 0.213. The number of aliphatic hydroxyl groups is 1. The first-order chi connectivity index (χ1) is 24.0. The lowest BCUT2D eigenvalue weighted by molar-refractivity contribution is -0.119. The molecular weight excluding hydrogens is 626 g/mol. The van der Waals surface area contributed by atoms with E-state index in [-0.39, 0.29) is 54.1 Å². The van der Waals surface area contributed by atoms with E-state index in [9.17, 15) is 19.5 Å². The number of nitrogens with one attached hydrogen (secondary N) is 4. The largest absolute Gasteiger partial charge is 0.395 e. The van der Waals surface area contributed by atoms with Gasteiger partial charge in [-0.05, 0) is 107 Å². The molecule has 2 aromatic rings. The lowest BCUT2D eigenvalue weighted by atomic mass is 9.67. The van der Waals surface area contributed by atoms with Crippen molar-refractivity contribution in [1.82, 2.24) is 20.9 Å². The molecule has 1 aromatic carbocycles. The lowest BCUT2D eigenvalue weighted by Gasteiger charge is -2.49. The molecular formula is C41H63N5O4. The van der Waals surface area contributed by atoms with Crippen LogP contribution in [0, 0.1) is 20.8 Å². The van der Waals surface area contributed by atoms with Gasteiger partial charge in [-0.2, -0.15) is 0 Å². The molecule has 1 aromatic heterocycles. The first kappa shape index (κ1) is 38.1. The van der Waals surface area contributed by atoms with Crippen molar-refractivity contribution < 1.29 is 14.7 Å². The lowest BCUT2D eigenvalue weighted by Crippen LogP contribution is -2.58. The van der Waals surface area contributed by atoms with E-state index < -0.39 is 0 Å². The average Bonchev–Trinajstić information content (AvgIpc) is 3.13. The molecule has 9 heteroatoms. The van der Waals surface area contributed by atoms with Gasteiger partial charge < -0.3 is 30.9 Å². The summed E-state index contributed by atoms with van der Waals surface area (Å²) in [7, 11) is 2.16. The summed E-state index contributed by atoms with van der Waals surface area (Å²) in [6.45, 7) is 7.73. The number of aromatic nitrogens is 1. The number of hydrogen-bond donors (Lipinski definition) is 5. The van der Waals surface area contributed by atoms with Crippen LogP contribution in [-0.4, -0.2) is 59.2 Å². The predicted molar refractivity (Wildman–Crippen MR) is 202 cm³/mol. The van der Waals surface area contributed by atoms with E-state index in [1.807, 2.05) is 19.9 Å². The zero-order valence-corrected chi connectivity index (χ0v) is 31.4. The van der Waals surface area contributed by atoms with Gasteiger partial charge in [-0.25, -0.2) is 0 Å². The van der Waals surface area contributed by atoms with Gasteiger partial charge in [0, 0.05) is 72.6 Å². The minimum Gasteiger partial charge on any atom is -0.395 e. The molecule has 2 amide bonds. The molecule has 2 saturated carbocycles. The smallest absolute Gasteiger partial charge is 0.253 e. The van der Waals surface area contributed by atoms with Gasteiger partial charge in [0.1, 0.15) is 0 Å². The summed E-state index contributed by atoms with van der Waals surface area (Å²) in [5.74, 6) is 0.0720.